The smallest absolute Gasteiger partial charge is 0.227 e. The minimum absolute atomic E-state index is 0.00162. The third-order valence-corrected chi connectivity index (χ3v) is 5.82. The lowest BCUT2D eigenvalue weighted by molar-refractivity contribution is -0.138. The summed E-state index contributed by atoms with van der Waals surface area (Å²) < 4.78 is 24.6. The van der Waals surface area contributed by atoms with Crippen LogP contribution in [0.3, 0.4) is 0 Å². The Kier molecular flexibility index (Phi) is 4.71. The van der Waals surface area contributed by atoms with Gasteiger partial charge in [-0.2, -0.15) is 0 Å². The van der Waals surface area contributed by atoms with Crippen molar-refractivity contribution in [2.45, 2.75) is 32.2 Å². The van der Waals surface area contributed by atoms with Gasteiger partial charge in [-0.3, -0.25) is 4.79 Å². The van der Waals surface area contributed by atoms with Gasteiger partial charge in [0.2, 0.25) is 15.9 Å². The molecule has 2 fully saturated rings. The molecule has 0 aliphatic carbocycles. The van der Waals surface area contributed by atoms with Gasteiger partial charge >= 0.3 is 0 Å². The average molecular weight is 304 g/mol. The summed E-state index contributed by atoms with van der Waals surface area (Å²) in [4.78, 5) is 14.3. The van der Waals surface area contributed by atoms with Crippen LogP contribution in [0.2, 0.25) is 0 Å². The van der Waals surface area contributed by atoms with E-state index in [1.807, 2.05) is 6.92 Å². The van der Waals surface area contributed by atoms with E-state index >= 15 is 0 Å². The van der Waals surface area contributed by atoms with Crippen molar-refractivity contribution in [3.8, 4) is 0 Å². The maximum Gasteiger partial charge on any atom is 0.227 e. The molecule has 1 N–H and O–H groups in total. The van der Waals surface area contributed by atoms with Crippen LogP contribution in [0.1, 0.15) is 26.2 Å². The molecular weight excluding hydrogens is 280 g/mol. The number of hydrogen-bond donors (Lipinski definition) is 1. The van der Waals surface area contributed by atoms with Crippen LogP contribution in [0.25, 0.3) is 0 Å². The SMILES string of the molecule is CC1CCN(C(=O)C2CCCN(S(C)(=O)=O)C2)C1CO. The Hall–Kier alpha value is -0.660. The van der Waals surface area contributed by atoms with Crippen molar-refractivity contribution >= 4 is 15.9 Å². The molecule has 0 aromatic carbocycles. The topological polar surface area (TPSA) is 77.9 Å². The van der Waals surface area contributed by atoms with Gasteiger partial charge in [0.15, 0.2) is 0 Å². The lowest BCUT2D eigenvalue weighted by atomic mass is 9.97. The molecule has 20 heavy (non-hydrogen) atoms. The van der Waals surface area contributed by atoms with Gasteiger partial charge in [0.05, 0.1) is 24.8 Å². The second-order valence-electron chi connectivity index (χ2n) is 6.01. The fraction of sp³-hybridized carbons (Fsp3) is 0.923. The first-order chi connectivity index (χ1) is 9.34. The Labute approximate surface area is 120 Å². The molecule has 0 saturated carbocycles. The first-order valence-electron chi connectivity index (χ1n) is 7.21. The highest BCUT2D eigenvalue weighted by molar-refractivity contribution is 7.88. The number of carbonyl (C=O) groups excluding carboxylic acids is 1. The van der Waals surface area contributed by atoms with E-state index in [2.05, 4.69) is 0 Å². The Balaban J connectivity index is 2.06. The van der Waals surface area contributed by atoms with Crippen LogP contribution in [-0.2, 0) is 14.8 Å². The van der Waals surface area contributed by atoms with Crippen molar-refractivity contribution in [1.82, 2.24) is 9.21 Å². The summed E-state index contributed by atoms with van der Waals surface area (Å²) in [7, 11) is -3.23. The number of piperidine rings is 1. The molecule has 2 aliphatic heterocycles. The van der Waals surface area contributed by atoms with Crippen LogP contribution in [0, 0.1) is 11.8 Å². The number of amides is 1. The van der Waals surface area contributed by atoms with Gasteiger partial charge in [-0.05, 0) is 25.2 Å². The minimum atomic E-state index is -3.23. The molecule has 0 bridgehead atoms. The van der Waals surface area contributed by atoms with Crippen LogP contribution in [0.15, 0.2) is 0 Å². The van der Waals surface area contributed by atoms with Crippen LogP contribution < -0.4 is 0 Å². The quantitative estimate of drug-likeness (QED) is 0.789. The predicted octanol–water partition coefficient (Wildman–Crippen LogP) is -0.113. The lowest BCUT2D eigenvalue weighted by Gasteiger charge is -2.34. The van der Waals surface area contributed by atoms with E-state index < -0.39 is 10.0 Å². The molecule has 0 aromatic rings. The van der Waals surface area contributed by atoms with Crippen molar-refractivity contribution < 1.29 is 18.3 Å². The number of sulfonamides is 1. The number of nitrogens with zero attached hydrogens (tertiary/aromatic N) is 2. The molecular formula is C13H24N2O4S. The van der Waals surface area contributed by atoms with Crippen LogP contribution in [0.4, 0.5) is 0 Å². The molecule has 2 saturated heterocycles. The van der Waals surface area contributed by atoms with E-state index in [0.29, 0.717) is 19.0 Å². The summed E-state index contributed by atoms with van der Waals surface area (Å²) >= 11 is 0. The van der Waals surface area contributed by atoms with E-state index in [1.165, 1.54) is 10.6 Å². The van der Waals surface area contributed by atoms with Gasteiger partial charge in [-0.1, -0.05) is 6.92 Å². The monoisotopic (exact) mass is 304 g/mol. The van der Waals surface area contributed by atoms with Crippen LogP contribution in [-0.4, -0.2) is 67.2 Å². The van der Waals surface area contributed by atoms with E-state index in [4.69, 9.17) is 0 Å². The number of aliphatic hydroxyl groups excluding tert-OH is 1. The predicted molar refractivity (Wildman–Crippen MR) is 75.5 cm³/mol. The molecule has 0 aromatic heterocycles. The normalized spacial score (nSPS) is 32.5. The fourth-order valence-corrected chi connectivity index (χ4v) is 4.15. The van der Waals surface area contributed by atoms with Crippen LogP contribution >= 0.6 is 0 Å². The summed E-state index contributed by atoms with van der Waals surface area (Å²) in [5.41, 5.74) is 0. The molecule has 116 valence electrons. The summed E-state index contributed by atoms with van der Waals surface area (Å²) in [5.74, 6) is 0.0399. The first-order valence-corrected chi connectivity index (χ1v) is 9.06. The van der Waals surface area contributed by atoms with E-state index in [9.17, 15) is 18.3 Å². The lowest BCUT2D eigenvalue weighted by Crippen LogP contribution is -2.49. The molecule has 2 rings (SSSR count). The van der Waals surface area contributed by atoms with Crippen molar-refractivity contribution in [2.75, 3.05) is 32.5 Å². The largest absolute Gasteiger partial charge is 0.394 e. The second kappa shape index (κ2) is 5.99. The maximum atomic E-state index is 12.6. The van der Waals surface area contributed by atoms with E-state index in [0.717, 1.165) is 19.3 Å². The molecule has 1 amide bonds. The number of rotatable bonds is 3. The Morgan fingerprint density at radius 2 is 2.00 bits per heavy atom. The minimum Gasteiger partial charge on any atom is -0.394 e. The third kappa shape index (κ3) is 3.15. The zero-order valence-corrected chi connectivity index (χ0v) is 13.0. The second-order valence-corrected chi connectivity index (χ2v) is 7.99. The Morgan fingerprint density at radius 1 is 1.30 bits per heavy atom. The molecule has 0 radical (unpaired) electrons. The van der Waals surface area contributed by atoms with E-state index in [1.54, 1.807) is 4.90 Å². The van der Waals surface area contributed by atoms with Crippen molar-refractivity contribution in [3.63, 3.8) is 0 Å². The van der Waals surface area contributed by atoms with Crippen molar-refractivity contribution in [1.29, 1.82) is 0 Å². The van der Waals surface area contributed by atoms with Crippen molar-refractivity contribution in [2.24, 2.45) is 11.8 Å². The van der Waals surface area contributed by atoms with Gasteiger partial charge in [0, 0.05) is 19.6 Å². The Bertz CT molecular complexity index is 465. The van der Waals surface area contributed by atoms with Gasteiger partial charge in [-0.25, -0.2) is 12.7 Å². The first kappa shape index (κ1) is 15.7. The summed E-state index contributed by atoms with van der Waals surface area (Å²) in [6.07, 6.45) is 3.54. The molecule has 3 unspecified atom stereocenters. The van der Waals surface area contributed by atoms with Gasteiger partial charge in [0.1, 0.15) is 0 Å². The van der Waals surface area contributed by atoms with Gasteiger partial charge in [-0.15, -0.1) is 0 Å². The van der Waals surface area contributed by atoms with Gasteiger partial charge in [0.25, 0.3) is 0 Å². The van der Waals surface area contributed by atoms with Crippen molar-refractivity contribution in [3.05, 3.63) is 0 Å². The van der Waals surface area contributed by atoms with E-state index in [-0.39, 0.29) is 31.0 Å². The number of likely N-dealkylation sites (tertiary alicyclic amines) is 1. The highest BCUT2D eigenvalue weighted by Crippen LogP contribution is 2.28. The summed E-state index contributed by atoms with van der Waals surface area (Å²) in [5, 5.41) is 9.44. The zero-order chi connectivity index (χ0) is 14.9. The standard InChI is InChI=1S/C13H24N2O4S/c1-10-5-7-15(12(10)9-16)13(17)11-4-3-6-14(8-11)20(2,18)19/h10-12,16H,3-9H2,1-2H3. The highest BCUT2D eigenvalue weighted by atomic mass is 32.2. The Morgan fingerprint density at radius 3 is 2.60 bits per heavy atom. The summed E-state index contributed by atoms with van der Waals surface area (Å²) in [6.45, 7) is 3.47. The number of carbonyl (C=O) groups is 1. The highest BCUT2D eigenvalue weighted by Gasteiger charge is 2.39. The molecule has 6 nitrogen and oxygen atoms in total. The van der Waals surface area contributed by atoms with Crippen LogP contribution in [0.5, 0.6) is 0 Å². The number of hydrogen-bond acceptors (Lipinski definition) is 4. The molecule has 2 heterocycles. The molecule has 7 heteroatoms. The molecule has 2 aliphatic rings. The number of aliphatic hydroxyl groups is 1. The maximum absolute atomic E-state index is 12.6. The molecule has 0 spiro atoms. The summed E-state index contributed by atoms with van der Waals surface area (Å²) in [6, 6.07) is -0.115. The van der Waals surface area contributed by atoms with Gasteiger partial charge < -0.3 is 10.0 Å². The fourth-order valence-electron chi connectivity index (χ4n) is 3.24. The molecule has 3 atom stereocenters. The zero-order valence-electron chi connectivity index (χ0n) is 12.2. The third-order valence-electron chi connectivity index (χ3n) is 4.56. The average Bonchev–Trinajstić information content (AvgIpc) is 2.78.